The van der Waals surface area contributed by atoms with Crippen molar-refractivity contribution in [2.45, 2.75) is 45.1 Å². The van der Waals surface area contributed by atoms with E-state index in [1.54, 1.807) is 0 Å². The molecule has 3 aliphatic heterocycles. The second-order valence-electron chi connectivity index (χ2n) is 6.54. The number of nitrogens with one attached hydrogen (secondary N) is 1. The zero-order valence-corrected chi connectivity index (χ0v) is 12.2. The minimum absolute atomic E-state index is 0.0878. The van der Waals surface area contributed by atoms with Crippen molar-refractivity contribution >= 4 is 5.91 Å². The van der Waals surface area contributed by atoms with Gasteiger partial charge in [0.15, 0.2) is 0 Å². The fraction of sp³-hybridized carbons (Fsp3) is 0.933. The summed E-state index contributed by atoms with van der Waals surface area (Å²) in [6.45, 7) is 8.35. The van der Waals surface area contributed by atoms with Gasteiger partial charge in [-0.15, -0.1) is 0 Å². The van der Waals surface area contributed by atoms with Crippen LogP contribution in [0.1, 0.15) is 39.0 Å². The van der Waals surface area contributed by atoms with E-state index in [1.165, 1.54) is 19.4 Å². The van der Waals surface area contributed by atoms with Crippen molar-refractivity contribution in [1.82, 2.24) is 15.1 Å². The lowest BCUT2D eigenvalue weighted by atomic mass is 9.80. The van der Waals surface area contributed by atoms with Crippen LogP contribution in [0.3, 0.4) is 0 Å². The summed E-state index contributed by atoms with van der Waals surface area (Å²) in [6.07, 6.45) is 5.78. The Hall–Kier alpha value is -0.610. The van der Waals surface area contributed by atoms with E-state index in [1.807, 2.05) is 0 Å². The van der Waals surface area contributed by atoms with Crippen LogP contribution in [0.2, 0.25) is 0 Å². The summed E-state index contributed by atoms with van der Waals surface area (Å²) < 4.78 is 0. The smallest absolute Gasteiger partial charge is 0.230 e. The molecule has 3 fully saturated rings. The average Bonchev–Trinajstić information content (AvgIpc) is 3.06. The lowest BCUT2D eigenvalue weighted by molar-refractivity contribution is -0.144. The van der Waals surface area contributed by atoms with Crippen molar-refractivity contribution in [3.05, 3.63) is 0 Å². The van der Waals surface area contributed by atoms with Gasteiger partial charge < -0.3 is 10.2 Å². The molecular weight excluding hydrogens is 238 g/mol. The lowest BCUT2D eigenvalue weighted by Gasteiger charge is -2.41. The molecule has 19 heavy (non-hydrogen) atoms. The Morgan fingerprint density at radius 3 is 3.00 bits per heavy atom. The first-order chi connectivity index (χ1) is 9.25. The summed E-state index contributed by atoms with van der Waals surface area (Å²) in [6, 6.07) is 0.644. The summed E-state index contributed by atoms with van der Waals surface area (Å²) in [4.78, 5) is 17.7. The molecule has 0 aliphatic carbocycles. The number of amides is 1. The van der Waals surface area contributed by atoms with Gasteiger partial charge in [-0.3, -0.25) is 9.69 Å². The molecule has 4 heteroatoms. The van der Waals surface area contributed by atoms with E-state index >= 15 is 0 Å². The molecule has 0 bridgehead atoms. The highest BCUT2D eigenvalue weighted by molar-refractivity contribution is 5.83. The highest BCUT2D eigenvalue weighted by atomic mass is 16.2. The van der Waals surface area contributed by atoms with E-state index in [2.05, 4.69) is 22.0 Å². The largest absolute Gasteiger partial charge is 0.339 e. The van der Waals surface area contributed by atoms with Gasteiger partial charge >= 0.3 is 0 Å². The molecule has 3 aliphatic rings. The fourth-order valence-electron chi connectivity index (χ4n) is 4.24. The number of nitrogens with zero attached hydrogens (tertiary/aromatic N) is 2. The fourth-order valence-corrected chi connectivity index (χ4v) is 4.24. The Balaban J connectivity index is 1.68. The predicted octanol–water partition coefficient (Wildman–Crippen LogP) is 1.07. The van der Waals surface area contributed by atoms with Crippen LogP contribution >= 0.6 is 0 Å². The Morgan fingerprint density at radius 1 is 1.37 bits per heavy atom. The second-order valence-corrected chi connectivity index (χ2v) is 6.54. The van der Waals surface area contributed by atoms with Crippen LogP contribution < -0.4 is 5.32 Å². The molecule has 108 valence electrons. The SMILES string of the molecule is CCCC1(C(=O)N2CCN3CCCC3C2)CCNC1. The molecule has 0 spiro atoms. The maximum absolute atomic E-state index is 13.0. The summed E-state index contributed by atoms with van der Waals surface area (Å²) in [7, 11) is 0. The highest BCUT2D eigenvalue weighted by Gasteiger charge is 2.44. The van der Waals surface area contributed by atoms with Crippen LogP contribution in [-0.2, 0) is 4.79 Å². The third-order valence-electron chi connectivity index (χ3n) is 5.30. The van der Waals surface area contributed by atoms with Crippen LogP contribution in [-0.4, -0.2) is 61.0 Å². The first kappa shape index (κ1) is 13.4. The first-order valence-corrected chi connectivity index (χ1v) is 7.99. The standard InChI is InChI=1S/C15H27N3O/c1-2-5-15(6-7-16-12-15)14(19)18-10-9-17-8-3-4-13(17)11-18/h13,16H,2-12H2,1H3. The van der Waals surface area contributed by atoms with Gasteiger partial charge in [-0.05, 0) is 38.8 Å². The Morgan fingerprint density at radius 2 is 2.26 bits per heavy atom. The normalized spacial score (nSPS) is 35.6. The molecule has 0 radical (unpaired) electrons. The van der Waals surface area contributed by atoms with Crippen molar-refractivity contribution < 1.29 is 4.79 Å². The predicted molar refractivity (Wildman–Crippen MR) is 76.0 cm³/mol. The van der Waals surface area contributed by atoms with Gasteiger partial charge in [-0.2, -0.15) is 0 Å². The number of rotatable bonds is 3. The zero-order valence-electron chi connectivity index (χ0n) is 12.2. The molecular formula is C15H27N3O. The van der Waals surface area contributed by atoms with Crippen molar-refractivity contribution in [3.8, 4) is 0 Å². The topological polar surface area (TPSA) is 35.6 Å². The van der Waals surface area contributed by atoms with E-state index < -0.39 is 0 Å². The maximum atomic E-state index is 13.0. The number of carbonyl (C=O) groups is 1. The Bertz CT molecular complexity index is 338. The van der Waals surface area contributed by atoms with Gasteiger partial charge in [0.2, 0.25) is 5.91 Å². The van der Waals surface area contributed by atoms with E-state index in [0.717, 1.165) is 52.0 Å². The number of fused-ring (bicyclic) bond motifs is 1. The molecule has 2 atom stereocenters. The van der Waals surface area contributed by atoms with Gasteiger partial charge in [0.25, 0.3) is 0 Å². The molecule has 3 heterocycles. The van der Waals surface area contributed by atoms with E-state index in [0.29, 0.717) is 11.9 Å². The number of piperazine rings is 1. The monoisotopic (exact) mass is 265 g/mol. The van der Waals surface area contributed by atoms with Crippen LogP contribution in [0.4, 0.5) is 0 Å². The number of hydrogen-bond acceptors (Lipinski definition) is 3. The molecule has 1 amide bonds. The molecule has 2 unspecified atom stereocenters. The minimum Gasteiger partial charge on any atom is -0.339 e. The molecule has 0 aromatic rings. The summed E-state index contributed by atoms with van der Waals surface area (Å²) >= 11 is 0. The van der Waals surface area contributed by atoms with Crippen molar-refractivity contribution in [1.29, 1.82) is 0 Å². The Labute approximate surface area is 116 Å². The first-order valence-electron chi connectivity index (χ1n) is 7.99. The third kappa shape index (κ3) is 2.40. The molecule has 3 rings (SSSR count). The molecule has 0 aromatic carbocycles. The third-order valence-corrected chi connectivity index (χ3v) is 5.30. The molecule has 4 nitrogen and oxygen atoms in total. The van der Waals surface area contributed by atoms with Crippen molar-refractivity contribution in [2.75, 3.05) is 39.3 Å². The highest BCUT2D eigenvalue weighted by Crippen LogP contribution is 2.34. The molecule has 0 saturated carbocycles. The zero-order chi connectivity index (χ0) is 13.3. The minimum atomic E-state index is -0.0878. The molecule has 3 saturated heterocycles. The van der Waals surface area contributed by atoms with Crippen LogP contribution in [0.25, 0.3) is 0 Å². The average molecular weight is 265 g/mol. The van der Waals surface area contributed by atoms with Crippen LogP contribution in [0, 0.1) is 5.41 Å². The van der Waals surface area contributed by atoms with Crippen LogP contribution in [0.5, 0.6) is 0 Å². The molecule has 1 N–H and O–H groups in total. The van der Waals surface area contributed by atoms with Gasteiger partial charge in [0.1, 0.15) is 0 Å². The summed E-state index contributed by atoms with van der Waals surface area (Å²) in [5.74, 6) is 0.436. The van der Waals surface area contributed by atoms with Crippen molar-refractivity contribution in [3.63, 3.8) is 0 Å². The van der Waals surface area contributed by atoms with Gasteiger partial charge in [-0.1, -0.05) is 13.3 Å². The lowest BCUT2D eigenvalue weighted by Crippen LogP contribution is -2.56. The second kappa shape index (κ2) is 5.41. The number of hydrogen-bond donors (Lipinski definition) is 1. The van der Waals surface area contributed by atoms with E-state index in [-0.39, 0.29) is 5.41 Å². The van der Waals surface area contributed by atoms with Gasteiger partial charge in [0, 0.05) is 32.2 Å². The van der Waals surface area contributed by atoms with Crippen LogP contribution in [0.15, 0.2) is 0 Å². The summed E-state index contributed by atoms with van der Waals surface area (Å²) in [5, 5.41) is 3.41. The van der Waals surface area contributed by atoms with Crippen molar-refractivity contribution in [2.24, 2.45) is 5.41 Å². The van der Waals surface area contributed by atoms with Gasteiger partial charge in [-0.25, -0.2) is 0 Å². The quantitative estimate of drug-likeness (QED) is 0.829. The van der Waals surface area contributed by atoms with E-state index in [9.17, 15) is 4.79 Å². The number of carbonyl (C=O) groups excluding carboxylic acids is 1. The summed E-state index contributed by atoms with van der Waals surface area (Å²) in [5.41, 5.74) is -0.0878. The van der Waals surface area contributed by atoms with E-state index in [4.69, 9.17) is 0 Å². The molecule has 0 aromatic heterocycles. The Kier molecular flexibility index (Phi) is 3.81. The maximum Gasteiger partial charge on any atom is 0.230 e. The van der Waals surface area contributed by atoms with Gasteiger partial charge in [0.05, 0.1) is 5.41 Å².